The van der Waals surface area contributed by atoms with Crippen LogP contribution < -0.4 is 42.6 Å². The first kappa shape index (κ1) is 60.5. The van der Waals surface area contributed by atoms with E-state index in [1.54, 1.807) is 0 Å². The van der Waals surface area contributed by atoms with E-state index in [1.807, 2.05) is 0 Å². The average molecular weight is 1210 g/mol. The Kier molecular flexibility index (Phi) is 12.5. The minimum absolute atomic E-state index is 0.0204. The molecule has 4 nitrogen and oxygen atoms in total. The summed E-state index contributed by atoms with van der Waals surface area (Å²) in [5.41, 5.74) is 33.4. The van der Waals surface area contributed by atoms with E-state index < -0.39 is 0 Å². The van der Waals surface area contributed by atoms with Gasteiger partial charge >= 0.3 is 0 Å². The Morgan fingerprint density at radius 1 is 0.228 bits per heavy atom. The van der Waals surface area contributed by atoms with Crippen LogP contribution in [0.5, 0.6) is 0 Å². The van der Waals surface area contributed by atoms with Crippen molar-refractivity contribution >= 4 is 124 Å². The van der Waals surface area contributed by atoms with Crippen LogP contribution in [0.2, 0.25) is 0 Å². The molecule has 4 aliphatic rings. The van der Waals surface area contributed by atoms with Crippen LogP contribution in [0.15, 0.2) is 146 Å². The van der Waals surface area contributed by atoms with E-state index in [0.717, 1.165) is 0 Å². The highest BCUT2D eigenvalue weighted by Crippen LogP contribution is 2.50. The summed E-state index contributed by atoms with van der Waals surface area (Å²) in [6.07, 6.45) is 0. The lowest BCUT2D eigenvalue weighted by Crippen LogP contribution is -2.64. The molecule has 11 aromatic rings. The SMILES string of the molecule is CC(C)(C)c1ccc(N2c3cc4c(cc3B3c5c2cc(C(C)(C)C)cc5-n2c5ccc(C(C)(C)C)cc5c5cc(C(C)(C)C)cc3c52)B2c3c(cc(C(C)(C)C)cc3-n3c5ccc(C(C)(C)C)cc5c5cc(C(C)(C)C)cc2c53)N4c2ccc(C(C)(C)C)cc2)cc1. The standard InChI is InChI=1S/C86H96B2N4/c1-79(2,3)49-25-31-57(32-26-49)89-69-48-70-64(47-63(69)87-65-41-53(83(13,14)15)39-61-59-37-51(81(7,8)9)29-35-67(59)91(77(61)65)73-45-55(85(19,20)21)43-71(89)75(73)87)88-66-42-54(84(16,17)18)40-62-60-38-52(82(10,11)12)30-36-68(60)92(78(62)66)74-46-56(86(22,23)24)44-72(76(74)88)90(70)58-33-27-50(28-34-58)80(4,5)6/h25-48H,1-24H3. The van der Waals surface area contributed by atoms with Gasteiger partial charge in [0.1, 0.15) is 0 Å². The smallest absolute Gasteiger partial charge is 0.252 e. The number of anilines is 6. The predicted molar refractivity (Wildman–Crippen MR) is 403 cm³/mol. The second-order valence-corrected chi connectivity index (χ2v) is 36.5. The molecule has 9 aromatic carbocycles. The molecule has 0 saturated carbocycles. The first-order valence-corrected chi connectivity index (χ1v) is 34.3. The zero-order chi connectivity index (χ0) is 65.8. The quantitative estimate of drug-likeness (QED) is 0.160. The number of hydrogen-bond acceptors (Lipinski definition) is 2. The van der Waals surface area contributed by atoms with Crippen LogP contribution in [0.25, 0.3) is 55.0 Å². The van der Waals surface area contributed by atoms with Crippen LogP contribution in [0.4, 0.5) is 34.1 Å². The highest BCUT2D eigenvalue weighted by Gasteiger charge is 2.49. The van der Waals surface area contributed by atoms with Gasteiger partial charge in [-0.2, -0.15) is 0 Å². The zero-order valence-corrected chi connectivity index (χ0v) is 59.8. The third kappa shape index (κ3) is 8.97. The van der Waals surface area contributed by atoms with Gasteiger partial charge in [0.2, 0.25) is 0 Å². The van der Waals surface area contributed by atoms with E-state index in [2.05, 4.69) is 331 Å². The molecule has 0 radical (unpaired) electrons. The Labute approximate surface area is 550 Å². The average Bonchev–Trinajstić information content (AvgIpc) is 1.27. The molecule has 0 atom stereocenters. The Bertz CT molecular complexity index is 4670. The monoisotopic (exact) mass is 1210 g/mol. The van der Waals surface area contributed by atoms with Crippen LogP contribution in [0, 0.1) is 0 Å². The molecule has 0 saturated heterocycles. The van der Waals surface area contributed by atoms with Crippen molar-refractivity contribution in [3.63, 3.8) is 0 Å². The Hall–Kier alpha value is -7.69. The minimum atomic E-state index is -0.163. The Morgan fingerprint density at radius 3 is 0.826 bits per heavy atom. The predicted octanol–water partition coefficient (Wildman–Crippen LogP) is 19.5. The summed E-state index contributed by atoms with van der Waals surface area (Å²) in [5, 5.41) is 5.34. The molecule has 15 rings (SSSR count). The molecule has 0 spiro atoms. The van der Waals surface area contributed by atoms with Gasteiger partial charge in [0, 0.05) is 78.1 Å². The fourth-order valence-corrected chi connectivity index (χ4v) is 16.0. The van der Waals surface area contributed by atoms with E-state index in [0.29, 0.717) is 0 Å². The van der Waals surface area contributed by atoms with Crippen molar-refractivity contribution in [2.45, 2.75) is 209 Å². The number of rotatable bonds is 2. The van der Waals surface area contributed by atoms with Crippen LogP contribution in [-0.4, -0.2) is 22.6 Å². The molecule has 0 N–H and O–H groups in total. The normalized spacial score (nSPS) is 14.9. The van der Waals surface area contributed by atoms with Gasteiger partial charge in [0.25, 0.3) is 13.4 Å². The highest BCUT2D eigenvalue weighted by atomic mass is 15.2. The molecule has 92 heavy (non-hydrogen) atoms. The number of aromatic nitrogens is 2. The van der Waals surface area contributed by atoms with E-state index >= 15 is 0 Å². The molecule has 2 aromatic heterocycles. The molecule has 0 bridgehead atoms. The molecular weight excluding hydrogens is 1110 g/mol. The van der Waals surface area contributed by atoms with Gasteiger partial charge in [0.05, 0.1) is 11.0 Å². The molecule has 4 aliphatic heterocycles. The summed E-state index contributed by atoms with van der Waals surface area (Å²) in [6, 6.07) is 60.3. The summed E-state index contributed by atoms with van der Waals surface area (Å²) in [6.45, 7) is 56.9. The Morgan fingerprint density at radius 2 is 0.511 bits per heavy atom. The van der Waals surface area contributed by atoms with Crippen molar-refractivity contribution < 1.29 is 0 Å². The lowest BCUT2D eigenvalue weighted by molar-refractivity contribution is 0.589. The van der Waals surface area contributed by atoms with Gasteiger partial charge in [-0.1, -0.05) is 221 Å². The third-order valence-electron chi connectivity index (χ3n) is 21.7. The van der Waals surface area contributed by atoms with Crippen LogP contribution in [0.1, 0.15) is 211 Å². The van der Waals surface area contributed by atoms with E-state index in [4.69, 9.17) is 0 Å². The molecule has 0 aliphatic carbocycles. The van der Waals surface area contributed by atoms with E-state index in [-0.39, 0.29) is 56.7 Å². The van der Waals surface area contributed by atoms with Crippen molar-refractivity contribution in [1.82, 2.24) is 9.13 Å². The summed E-state index contributed by atoms with van der Waals surface area (Å²) >= 11 is 0. The maximum absolute atomic E-state index is 2.76. The largest absolute Gasteiger partial charge is 0.311 e. The molecule has 466 valence electrons. The molecule has 0 amide bonds. The zero-order valence-electron chi connectivity index (χ0n) is 59.8. The van der Waals surface area contributed by atoms with Gasteiger partial charge in [-0.3, -0.25) is 0 Å². The highest BCUT2D eigenvalue weighted by molar-refractivity contribution is 7.03. The van der Waals surface area contributed by atoms with Crippen molar-refractivity contribution in [2.24, 2.45) is 0 Å². The molecule has 0 unspecified atom stereocenters. The summed E-state index contributed by atoms with van der Waals surface area (Å²) in [5.74, 6) is 0. The maximum atomic E-state index is 2.76. The van der Waals surface area contributed by atoms with E-state index in [1.165, 1.54) is 166 Å². The van der Waals surface area contributed by atoms with Crippen molar-refractivity contribution in [1.29, 1.82) is 0 Å². The molecule has 6 heterocycles. The number of fused-ring (bicyclic) bond motifs is 14. The van der Waals surface area contributed by atoms with Crippen molar-refractivity contribution in [2.75, 3.05) is 9.80 Å². The fraction of sp³-hybridized carbons (Fsp3) is 0.372. The van der Waals surface area contributed by atoms with Gasteiger partial charge < -0.3 is 18.9 Å². The van der Waals surface area contributed by atoms with Gasteiger partial charge in [-0.05, 0) is 212 Å². The first-order valence-electron chi connectivity index (χ1n) is 34.3. The second-order valence-electron chi connectivity index (χ2n) is 36.5. The lowest BCUT2D eigenvalue weighted by atomic mass is 9.30. The van der Waals surface area contributed by atoms with Crippen LogP contribution >= 0.6 is 0 Å². The molecule has 0 fully saturated rings. The lowest BCUT2D eigenvalue weighted by Gasteiger charge is -2.45. The van der Waals surface area contributed by atoms with Gasteiger partial charge in [-0.25, -0.2) is 0 Å². The second kappa shape index (κ2) is 19.0. The summed E-state index contributed by atoms with van der Waals surface area (Å²) < 4.78 is 5.40. The number of hydrogen-bond donors (Lipinski definition) is 0. The summed E-state index contributed by atoms with van der Waals surface area (Å²) in [4.78, 5) is 5.40. The topological polar surface area (TPSA) is 16.3 Å². The minimum Gasteiger partial charge on any atom is -0.311 e. The number of nitrogens with zero attached hydrogens (tertiary/aromatic N) is 4. The fourth-order valence-electron chi connectivity index (χ4n) is 16.0. The van der Waals surface area contributed by atoms with Crippen LogP contribution in [0.3, 0.4) is 0 Å². The van der Waals surface area contributed by atoms with E-state index in [9.17, 15) is 0 Å². The van der Waals surface area contributed by atoms with Gasteiger partial charge in [0.15, 0.2) is 0 Å². The molecule has 6 heteroatoms. The van der Waals surface area contributed by atoms with Crippen molar-refractivity contribution in [3.8, 4) is 11.4 Å². The summed E-state index contributed by atoms with van der Waals surface area (Å²) in [7, 11) is 0. The number of benzene rings is 9. The third-order valence-corrected chi connectivity index (χ3v) is 21.7. The maximum Gasteiger partial charge on any atom is 0.252 e. The molecular formula is C86H96B2N4. The Balaban J connectivity index is 1.15. The van der Waals surface area contributed by atoms with Gasteiger partial charge in [-0.15, -0.1) is 0 Å². The van der Waals surface area contributed by atoms with Crippen LogP contribution in [-0.2, 0) is 43.3 Å². The van der Waals surface area contributed by atoms with Crippen molar-refractivity contribution in [3.05, 3.63) is 190 Å². The first-order chi connectivity index (χ1) is 42.7.